The van der Waals surface area contributed by atoms with Crippen molar-refractivity contribution in [1.29, 1.82) is 5.41 Å². The quantitative estimate of drug-likeness (QED) is 0.385. The molecule has 0 saturated heterocycles. The number of imidazole rings is 1. The second-order valence-electron chi connectivity index (χ2n) is 7.13. The van der Waals surface area contributed by atoms with Gasteiger partial charge < -0.3 is 13.9 Å². The summed E-state index contributed by atoms with van der Waals surface area (Å²) in [5.74, 6) is 0.387. The molecule has 4 nitrogen and oxygen atoms in total. The lowest BCUT2D eigenvalue weighted by Gasteiger charge is -2.09. The Morgan fingerprint density at radius 3 is 2.24 bits per heavy atom. The summed E-state index contributed by atoms with van der Waals surface area (Å²) in [6.45, 7) is 1.86. The van der Waals surface area contributed by atoms with E-state index in [1.165, 1.54) is 23.2 Å². The average Bonchev–Trinajstić information content (AvgIpc) is 3.00. The monoisotopic (exact) mass is 387 g/mol. The van der Waals surface area contributed by atoms with Crippen LogP contribution >= 0.6 is 0 Å². The maximum atomic E-state index is 13.0. The number of para-hydroxylation sites is 2. The first-order chi connectivity index (χ1) is 14.1. The van der Waals surface area contributed by atoms with E-state index < -0.39 is 0 Å². The largest absolute Gasteiger partial charge is 0.494 e. The molecule has 4 rings (SSSR count). The number of nitrogens with zero attached hydrogens (tertiary/aromatic N) is 2. The molecule has 0 saturated carbocycles. The average molecular weight is 387 g/mol. The van der Waals surface area contributed by atoms with Crippen LogP contribution in [0.25, 0.3) is 11.0 Å². The Hall–Kier alpha value is -3.28. The predicted octanol–water partition coefficient (Wildman–Crippen LogP) is 2.84. The highest BCUT2D eigenvalue weighted by Gasteiger charge is 2.11. The summed E-state index contributed by atoms with van der Waals surface area (Å²) in [7, 11) is 2.10. The van der Waals surface area contributed by atoms with E-state index >= 15 is 0 Å². The molecule has 0 aliphatic rings. The molecule has 1 aromatic heterocycles. The van der Waals surface area contributed by atoms with Gasteiger partial charge in [0.05, 0.1) is 24.2 Å². The molecule has 29 heavy (non-hydrogen) atoms. The van der Waals surface area contributed by atoms with Gasteiger partial charge in [-0.3, -0.25) is 5.41 Å². The van der Waals surface area contributed by atoms with Gasteiger partial charge in [-0.2, -0.15) is 0 Å². The fraction of sp³-hybridized carbons (Fsp3) is 0.174. The number of aromatic nitrogens is 2. The zero-order valence-corrected chi connectivity index (χ0v) is 16.4. The van der Waals surface area contributed by atoms with Crippen molar-refractivity contribution in [3.8, 4) is 5.75 Å². The number of rotatable bonds is 7. The van der Waals surface area contributed by atoms with Crippen molar-refractivity contribution in [2.45, 2.75) is 19.5 Å². The Bertz CT molecular complexity index is 1180. The smallest absolute Gasteiger partial charge is 0.203 e. The van der Waals surface area contributed by atoms with Crippen LogP contribution in [-0.4, -0.2) is 23.6 Å². The van der Waals surface area contributed by atoms with E-state index in [-0.39, 0.29) is 5.82 Å². The third-order valence-corrected chi connectivity index (χ3v) is 5.17. The molecule has 0 amide bonds. The number of hydrogen-bond donors (Lipinski definition) is 1. The van der Waals surface area contributed by atoms with Crippen LogP contribution in [0.1, 0.15) is 12.0 Å². The number of hydrogen-bond acceptors (Lipinski definition) is 2. The number of halogens is 1. The Kier molecular flexibility index (Phi) is 5.51. The van der Waals surface area contributed by atoms with Gasteiger partial charge in [0.2, 0.25) is 5.62 Å². The molecule has 0 aliphatic carbocycles. The lowest BCUT2D eigenvalue weighted by atomic mass is 9.91. The molecule has 0 spiro atoms. The highest BCUT2D eigenvalue weighted by Crippen LogP contribution is 2.15. The topological polar surface area (TPSA) is 42.9 Å². The summed E-state index contributed by atoms with van der Waals surface area (Å²) < 4.78 is 22.8. The SMILES string of the molecule is Bc1ccccc1Cn1c(=N)n(CCCOc2ccc(F)cc2)c2ccccc21. The van der Waals surface area contributed by atoms with E-state index in [4.69, 9.17) is 10.1 Å². The Labute approximate surface area is 170 Å². The Morgan fingerprint density at radius 1 is 0.862 bits per heavy atom. The van der Waals surface area contributed by atoms with Crippen molar-refractivity contribution >= 4 is 24.3 Å². The zero-order valence-electron chi connectivity index (χ0n) is 16.4. The third kappa shape index (κ3) is 4.11. The van der Waals surface area contributed by atoms with Gasteiger partial charge in [-0.25, -0.2) is 4.39 Å². The maximum absolute atomic E-state index is 13.0. The summed E-state index contributed by atoms with van der Waals surface area (Å²) in [5, 5.41) is 8.76. The van der Waals surface area contributed by atoms with Gasteiger partial charge >= 0.3 is 0 Å². The summed E-state index contributed by atoms with van der Waals surface area (Å²) in [6, 6.07) is 22.5. The van der Waals surface area contributed by atoms with E-state index in [1.54, 1.807) is 12.1 Å². The van der Waals surface area contributed by atoms with Gasteiger partial charge in [-0.05, 0) is 48.4 Å². The third-order valence-electron chi connectivity index (χ3n) is 5.17. The fourth-order valence-corrected chi connectivity index (χ4v) is 3.58. The zero-order chi connectivity index (χ0) is 20.2. The molecular formula is C23H23BFN3O. The minimum Gasteiger partial charge on any atom is -0.494 e. The van der Waals surface area contributed by atoms with Crippen LogP contribution in [0.2, 0.25) is 0 Å². The van der Waals surface area contributed by atoms with Crippen molar-refractivity contribution in [2.75, 3.05) is 6.61 Å². The second kappa shape index (κ2) is 8.39. The number of fused-ring (bicyclic) bond motifs is 1. The van der Waals surface area contributed by atoms with E-state index in [0.717, 1.165) is 17.5 Å². The first kappa shape index (κ1) is 19.1. The van der Waals surface area contributed by atoms with E-state index in [9.17, 15) is 4.39 Å². The molecule has 0 radical (unpaired) electrons. The molecule has 6 heteroatoms. The van der Waals surface area contributed by atoms with Crippen molar-refractivity contribution in [3.63, 3.8) is 0 Å². The number of nitrogens with one attached hydrogen (secondary N) is 1. The molecule has 3 aromatic carbocycles. The molecule has 1 heterocycles. The summed E-state index contributed by atoms with van der Waals surface area (Å²) in [5.41, 5.74) is 5.03. The van der Waals surface area contributed by atoms with Gasteiger partial charge in [-0.15, -0.1) is 0 Å². The molecule has 0 unspecified atom stereocenters. The minimum atomic E-state index is -0.270. The molecule has 0 atom stereocenters. The predicted molar refractivity (Wildman–Crippen MR) is 116 cm³/mol. The van der Waals surface area contributed by atoms with E-state index in [1.807, 2.05) is 28.8 Å². The molecular weight excluding hydrogens is 364 g/mol. The molecule has 0 fully saturated rings. The van der Waals surface area contributed by atoms with Crippen molar-refractivity contribution < 1.29 is 9.13 Å². The van der Waals surface area contributed by atoms with Crippen molar-refractivity contribution in [1.82, 2.24) is 9.13 Å². The Morgan fingerprint density at radius 2 is 1.52 bits per heavy atom. The summed E-state index contributed by atoms with van der Waals surface area (Å²) in [6.07, 6.45) is 0.756. The first-order valence-corrected chi connectivity index (χ1v) is 9.79. The van der Waals surface area contributed by atoms with Gasteiger partial charge in [0.25, 0.3) is 0 Å². The maximum Gasteiger partial charge on any atom is 0.203 e. The minimum absolute atomic E-state index is 0.270. The van der Waals surface area contributed by atoms with Crippen molar-refractivity contribution in [3.05, 3.63) is 89.8 Å². The molecule has 0 aliphatic heterocycles. The van der Waals surface area contributed by atoms with Crippen LogP contribution < -0.4 is 15.8 Å². The lowest BCUT2D eigenvalue weighted by molar-refractivity contribution is 0.300. The van der Waals surface area contributed by atoms with Gasteiger partial charge in [0, 0.05) is 6.54 Å². The van der Waals surface area contributed by atoms with Gasteiger partial charge in [-0.1, -0.05) is 41.9 Å². The fourth-order valence-electron chi connectivity index (χ4n) is 3.58. The number of ether oxygens (including phenoxy) is 1. The highest BCUT2D eigenvalue weighted by molar-refractivity contribution is 6.33. The normalized spacial score (nSPS) is 11.1. The van der Waals surface area contributed by atoms with Crippen LogP contribution in [0.3, 0.4) is 0 Å². The van der Waals surface area contributed by atoms with E-state index in [2.05, 4.69) is 36.7 Å². The van der Waals surface area contributed by atoms with E-state index in [0.29, 0.717) is 31.1 Å². The molecule has 0 bridgehead atoms. The van der Waals surface area contributed by atoms with Crippen LogP contribution in [0.15, 0.2) is 72.8 Å². The second-order valence-corrected chi connectivity index (χ2v) is 7.13. The summed E-state index contributed by atoms with van der Waals surface area (Å²) >= 11 is 0. The number of benzene rings is 3. The van der Waals surface area contributed by atoms with Crippen LogP contribution in [-0.2, 0) is 13.1 Å². The summed E-state index contributed by atoms with van der Waals surface area (Å²) in [4.78, 5) is 0. The lowest BCUT2D eigenvalue weighted by Crippen LogP contribution is -2.27. The van der Waals surface area contributed by atoms with Gasteiger partial charge in [0.15, 0.2) is 0 Å². The van der Waals surface area contributed by atoms with Gasteiger partial charge in [0.1, 0.15) is 19.4 Å². The van der Waals surface area contributed by atoms with Crippen LogP contribution in [0.5, 0.6) is 5.75 Å². The van der Waals surface area contributed by atoms with Crippen molar-refractivity contribution in [2.24, 2.45) is 0 Å². The molecule has 4 aromatic rings. The van der Waals surface area contributed by atoms with Crippen LogP contribution in [0.4, 0.5) is 4.39 Å². The first-order valence-electron chi connectivity index (χ1n) is 9.79. The molecule has 146 valence electrons. The molecule has 1 N–H and O–H groups in total. The highest BCUT2D eigenvalue weighted by atomic mass is 19.1. The standard InChI is InChI=1S/C23H23BFN3O/c24-20-7-2-1-6-17(20)16-28-22-9-4-3-8-21(22)27(23(28)26)14-5-15-29-19-12-10-18(25)11-13-19/h1-4,6-13,26H,5,14-16,24H2. The number of aryl methyl sites for hydroxylation is 1. The Balaban J connectivity index is 1.53. The van der Waals surface area contributed by atoms with Crippen LogP contribution in [0, 0.1) is 11.2 Å².